The summed E-state index contributed by atoms with van der Waals surface area (Å²) in [7, 11) is 0. The van der Waals surface area contributed by atoms with Gasteiger partial charge in [-0.25, -0.2) is 0 Å². The standard InChI is InChI=1S/C21H38N4O2S.HI/c1-4-7-18(9-11-26)14-23-21(22-5-2)24-15-19(20-8-6-13-28-20)25-10-12-27-17(3)16-25;/h6,8,13,17-19,26H,4-5,7,9-12,14-16H2,1-3H3,(H2,22,23,24);1H. The SMILES string of the molecule is CCCC(CCO)CN=C(NCC)NCC(c1cccs1)N1CCOC(C)C1.I. The van der Waals surface area contributed by atoms with E-state index in [0.29, 0.717) is 12.0 Å². The Kier molecular flexibility index (Phi) is 14.1. The van der Waals surface area contributed by atoms with Gasteiger partial charge in [-0.3, -0.25) is 9.89 Å². The monoisotopic (exact) mass is 538 g/mol. The zero-order valence-corrected chi connectivity index (χ0v) is 21.2. The molecule has 1 saturated heterocycles. The lowest BCUT2D eigenvalue weighted by atomic mass is 10.0. The van der Waals surface area contributed by atoms with Crippen LogP contribution in [0.1, 0.15) is 51.0 Å². The molecule has 6 nitrogen and oxygen atoms in total. The molecule has 0 spiro atoms. The van der Waals surface area contributed by atoms with Gasteiger partial charge in [0.1, 0.15) is 0 Å². The molecule has 8 heteroatoms. The van der Waals surface area contributed by atoms with Crippen molar-refractivity contribution in [2.75, 3.05) is 45.9 Å². The van der Waals surface area contributed by atoms with Crippen molar-refractivity contribution < 1.29 is 9.84 Å². The molecule has 2 heterocycles. The van der Waals surface area contributed by atoms with Crippen LogP contribution in [0, 0.1) is 5.92 Å². The highest BCUT2D eigenvalue weighted by Gasteiger charge is 2.26. The molecule has 168 valence electrons. The van der Waals surface area contributed by atoms with Crippen LogP contribution in [0.5, 0.6) is 0 Å². The Labute approximate surface area is 197 Å². The molecule has 0 aromatic carbocycles. The average Bonchev–Trinajstić information content (AvgIpc) is 3.21. The minimum absolute atomic E-state index is 0. The van der Waals surface area contributed by atoms with Crippen molar-refractivity contribution in [3.05, 3.63) is 22.4 Å². The van der Waals surface area contributed by atoms with E-state index in [1.54, 1.807) is 0 Å². The first kappa shape index (κ1) is 26.6. The minimum Gasteiger partial charge on any atom is -0.396 e. The van der Waals surface area contributed by atoms with E-state index in [-0.39, 0.29) is 36.7 Å². The molecule has 3 unspecified atom stereocenters. The first-order valence-electron chi connectivity index (χ1n) is 10.7. The Morgan fingerprint density at radius 1 is 1.38 bits per heavy atom. The van der Waals surface area contributed by atoms with E-state index in [1.807, 2.05) is 11.3 Å². The predicted octanol–water partition coefficient (Wildman–Crippen LogP) is 3.48. The van der Waals surface area contributed by atoms with Crippen molar-refractivity contribution in [3.8, 4) is 0 Å². The third kappa shape index (κ3) is 9.50. The molecule has 1 aromatic heterocycles. The van der Waals surface area contributed by atoms with Crippen molar-refractivity contribution in [1.82, 2.24) is 15.5 Å². The number of nitrogens with one attached hydrogen (secondary N) is 2. The van der Waals surface area contributed by atoms with Gasteiger partial charge in [-0.15, -0.1) is 35.3 Å². The second-order valence-corrected chi connectivity index (χ2v) is 8.45. The first-order valence-corrected chi connectivity index (χ1v) is 11.6. The third-order valence-corrected chi connectivity index (χ3v) is 6.11. The molecule has 0 aliphatic carbocycles. The Balaban J connectivity index is 0.00000420. The Morgan fingerprint density at radius 2 is 2.21 bits per heavy atom. The van der Waals surface area contributed by atoms with E-state index in [9.17, 15) is 5.11 Å². The molecule has 0 bridgehead atoms. The highest BCUT2D eigenvalue weighted by molar-refractivity contribution is 14.0. The zero-order chi connectivity index (χ0) is 20.2. The third-order valence-electron chi connectivity index (χ3n) is 5.13. The second kappa shape index (κ2) is 15.4. The summed E-state index contributed by atoms with van der Waals surface area (Å²) in [6.07, 6.45) is 3.32. The summed E-state index contributed by atoms with van der Waals surface area (Å²) in [5.41, 5.74) is 0. The number of morpholine rings is 1. The summed E-state index contributed by atoms with van der Waals surface area (Å²) in [6, 6.07) is 4.67. The largest absolute Gasteiger partial charge is 0.396 e. The molecule has 0 amide bonds. The smallest absolute Gasteiger partial charge is 0.191 e. The van der Waals surface area contributed by atoms with E-state index in [1.165, 1.54) is 4.88 Å². The van der Waals surface area contributed by atoms with Gasteiger partial charge < -0.3 is 20.5 Å². The molecular weight excluding hydrogens is 499 g/mol. The van der Waals surface area contributed by atoms with Crippen LogP contribution in [0.2, 0.25) is 0 Å². The van der Waals surface area contributed by atoms with Crippen LogP contribution in [0.25, 0.3) is 0 Å². The zero-order valence-electron chi connectivity index (χ0n) is 18.1. The van der Waals surface area contributed by atoms with E-state index < -0.39 is 0 Å². The Bertz CT molecular complexity index is 553. The van der Waals surface area contributed by atoms with Gasteiger partial charge in [-0.05, 0) is 44.1 Å². The van der Waals surface area contributed by atoms with Gasteiger partial charge in [-0.2, -0.15) is 0 Å². The molecule has 3 atom stereocenters. The van der Waals surface area contributed by atoms with Crippen molar-refractivity contribution in [3.63, 3.8) is 0 Å². The summed E-state index contributed by atoms with van der Waals surface area (Å²) in [4.78, 5) is 8.70. The molecule has 0 saturated carbocycles. The average molecular weight is 539 g/mol. The maximum absolute atomic E-state index is 9.29. The topological polar surface area (TPSA) is 69.1 Å². The number of hydrogen-bond donors (Lipinski definition) is 3. The second-order valence-electron chi connectivity index (χ2n) is 7.48. The van der Waals surface area contributed by atoms with Crippen LogP contribution < -0.4 is 10.6 Å². The molecule has 3 N–H and O–H groups in total. The number of aliphatic imine (C=N–C) groups is 1. The maximum atomic E-state index is 9.29. The minimum atomic E-state index is 0. The number of halogens is 1. The van der Waals surface area contributed by atoms with E-state index in [4.69, 9.17) is 9.73 Å². The maximum Gasteiger partial charge on any atom is 0.191 e. The number of aliphatic hydroxyl groups is 1. The van der Waals surface area contributed by atoms with Gasteiger partial charge in [0, 0.05) is 44.2 Å². The molecule has 0 radical (unpaired) electrons. The number of hydrogen-bond acceptors (Lipinski definition) is 5. The summed E-state index contributed by atoms with van der Waals surface area (Å²) >= 11 is 1.81. The van der Waals surface area contributed by atoms with Crippen LogP contribution >= 0.6 is 35.3 Å². The first-order chi connectivity index (χ1) is 13.7. The van der Waals surface area contributed by atoms with E-state index >= 15 is 0 Å². The highest BCUT2D eigenvalue weighted by Crippen LogP contribution is 2.26. The number of aliphatic hydroxyl groups excluding tert-OH is 1. The van der Waals surface area contributed by atoms with Gasteiger partial charge in [-0.1, -0.05) is 19.4 Å². The van der Waals surface area contributed by atoms with Gasteiger partial charge >= 0.3 is 0 Å². The number of ether oxygens (including phenoxy) is 1. The number of guanidine groups is 1. The van der Waals surface area contributed by atoms with Gasteiger partial charge in [0.05, 0.1) is 18.8 Å². The highest BCUT2D eigenvalue weighted by atomic mass is 127. The van der Waals surface area contributed by atoms with Gasteiger partial charge in [0.15, 0.2) is 5.96 Å². The fourth-order valence-electron chi connectivity index (χ4n) is 3.69. The molecular formula is C21H39IN4O2S. The summed E-state index contributed by atoms with van der Waals surface area (Å²) in [5.74, 6) is 1.31. The van der Waals surface area contributed by atoms with Gasteiger partial charge in [0.25, 0.3) is 0 Å². The fourth-order valence-corrected chi connectivity index (χ4v) is 4.55. The summed E-state index contributed by atoms with van der Waals surface area (Å²) in [6.45, 7) is 11.8. The Hall–Kier alpha value is -0.420. The predicted molar refractivity (Wildman–Crippen MR) is 134 cm³/mol. The lowest BCUT2D eigenvalue weighted by Crippen LogP contribution is -2.48. The molecule has 1 aliphatic rings. The summed E-state index contributed by atoms with van der Waals surface area (Å²) < 4.78 is 5.74. The number of thiophene rings is 1. The summed E-state index contributed by atoms with van der Waals surface area (Å²) in [5, 5.41) is 18.4. The van der Waals surface area contributed by atoms with Crippen LogP contribution in [-0.4, -0.2) is 68.0 Å². The van der Waals surface area contributed by atoms with Crippen molar-refractivity contribution in [1.29, 1.82) is 0 Å². The molecule has 1 aliphatic heterocycles. The number of nitrogens with zero attached hydrogens (tertiary/aromatic N) is 2. The molecule has 2 rings (SSSR count). The van der Waals surface area contributed by atoms with Gasteiger partial charge in [0.2, 0.25) is 0 Å². The van der Waals surface area contributed by atoms with Crippen molar-refractivity contribution in [2.45, 2.75) is 52.2 Å². The molecule has 1 fully saturated rings. The fraction of sp³-hybridized carbons (Fsp3) is 0.762. The van der Waals surface area contributed by atoms with Crippen LogP contribution in [0.15, 0.2) is 22.5 Å². The molecule has 29 heavy (non-hydrogen) atoms. The van der Waals surface area contributed by atoms with Crippen LogP contribution in [-0.2, 0) is 4.74 Å². The van der Waals surface area contributed by atoms with Crippen molar-refractivity contribution >= 4 is 41.3 Å². The quantitative estimate of drug-likeness (QED) is 0.229. The Morgan fingerprint density at radius 3 is 2.83 bits per heavy atom. The van der Waals surface area contributed by atoms with Crippen LogP contribution in [0.4, 0.5) is 0 Å². The number of rotatable bonds is 11. The lowest BCUT2D eigenvalue weighted by Gasteiger charge is -2.37. The molecule has 1 aromatic rings. The normalized spacial score (nSPS) is 20.0. The van der Waals surface area contributed by atoms with Crippen LogP contribution in [0.3, 0.4) is 0 Å². The van der Waals surface area contributed by atoms with E-state index in [0.717, 1.165) is 64.6 Å². The van der Waals surface area contributed by atoms with Crippen molar-refractivity contribution in [2.24, 2.45) is 10.9 Å². The van der Waals surface area contributed by atoms with E-state index in [2.05, 4.69) is 53.8 Å². The lowest BCUT2D eigenvalue weighted by molar-refractivity contribution is -0.0334.